The third-order valence-corrected chi connectivity index (χ3v) is 5.82. The summed E-state index contributed by atoms with van der Waals surface area (Å²) in [6.45, 7) is 12.2. The molecule has 4 rings (SSSR count). The standard InChI is InChI=1S/C20H31N5/c1-14-22-17-7-5-6-8-18(17)25(14)16-9-10-24(13-16)12-15-11-21-23-19(15)20(2,3)4/h11,16H,5-10,12-13H2,1-4H3,(H,21,23). The number of likely N-dealkylation sites (tertiary alicyclic amines) is 1. The molecule has 5 heteroatoms. The van der Waals surface area contributed by atoms with Gasteiger partial charge in [-0.25, -0.2) is 4.98 Å². The van der Waals surface area contributed by atoms with Crippen LogP contribution in [0.25, 0.3) is 0 Å². The molecule has 136 valence electrons. The Morgan fingerprint density at radius 3 is 2.84 bits per heavy atom. The topological polar surface area (TPSA) is 49.7 Å². The summed E-state index contributed by atoms with van der Waals surface area (Å²) in [6, 6.07) is 0.583. The molecule has 0 spiro atoms. The van der Waals surface area contributed by atoms with Crippen molar-refractivity contribution in [3.05, 3.63) is 34.7 Å². The first-order valence-corrected chi connectivity index (χ1v) is 9.75. The van der Waals surface area contributed by atoms with E-state index in [0.717, 1.165) is 19.6 Å². The number of hydrogen-bond acceptors (Lipinski definition) is 3. The second-order valence-electron chi connectivity index (χ2n) is 8.83. The van der Waals surface area contributed by atoms with Crippen LogP contribution in [0.4, 0.5) is 0 Å². The maximum absolute atomic E-state index is 4.87. The fourth-order valence-electron chi connectivity index (χ4n) is 4.67. The molecule has 5 nitrogen and oxygen atoms in total. The van der Waals surface area contributed by atoms with Crippen LogP contribution in [0.5, 0.6) is 0 Å². The Hall–Kier alpha value is -1.62. The van der Waals surface area contributed by atoms with Gasteiger partial charge in [-0.15, -0.1) is 0 Å². The molecule has 1 fully saturated rings. The Balaban J connectivity index is 1.50. The van der Waals surface area contributed by atoms with Gasteiger partial charge in [-0.2, -0.15) is 5.10 Å². The molecule has 2 aliphatic rings. The van der Waals surface area contributed by atoms with Gasteiger partial charge in [0.1, 0.15) is 5.82 Å². The fourth-order valence-corrected chi connectivity index (χ4v) is 4.67. The van der Waals surface area contributed by atoms with Gasteiger partial charge in [0.2, 0.25) is 0 Å². The van der Waals surface area contributed by atoms with Crippen molar-refractivity contribution >= 4 is 0 Å². The van der Waals surface area contributed by atoms with Gasteiger partial charge in [-0.3, -0.25) is 10.00 Å². The minimum absolute atomic E-state index is 0.116. The molecule has 1 atom stereocenters. The molecule has 1 N–H and O–H groups in total. The van der Waals surface area contributed by atoms with E-state index in [1.807, 2.05) is 6.20 Å². The summed E-state index contributed by atoms with van der Waals surface area (Å²) >= 11 is 0. The molecule has 3 heterocycles. The van der Waals surface area contributed by atoms with E-state index < -0.39 is 0 Å². The highest BCUT2D eigenvalue weighted by molar-refractivity contribution is 5.24. The van der Waals surface area contributed by atoms with E-state index in [-0.39, 0.29) is 5.41 Å². The average Bonchev–Trinajstić information content (AvgIpc) is 3.24. The molecule has 1 saturated heterocycles. The minimum atomic E-state index is 0.116. The van der Waals surface area contributed by atoms with Crippen LogP contribution in [0, 0.1) is 6.92 Å². The molecule has 0 saturated carbocycles. The normalized spacial score (nSPS) is 21.7. The Kier molecular flexibility index (Phi) is 4.22. The van der Waals surface area contributed by atoms with Gasteiger partial charge in [-0.1, -0.05) is 20.8 Å². The van der Waals surface area contributed by atoms with E-state index in [1.54, 1.807) is 0 Å². The van der Waals surface area contributed by atoms with Gasteiger partial charge in [0.15, 0.2) is 0 Å². The van der Waals surface area contributed by atoms with Gasteiger partial charge in [0.25, 0.3) is 0 Å². The SMILES string of the molecule is Cc1nc2c(n1C1CCN(Cc3cn[nH]c3C(C)(C)C)C1)CCCC2. The van der Waals surface area contributed by atoms with Crippen LogP contribution in [0.3, 0.4) is 0 Å². The average molecular weight is 342 g/mol. The lowest BCUT2D eigenvalue weighted by molar-refractivity contribution is 0.311. The molecule has 0 aromatic carbocycles. The lowest BCUT2D eigenvalue weighted by Gasteiger charge is -2.23. The summed E-state index contributed by atoms with van der Waals surface area (Å²) in [7, 11) is 0. The van der Waals surface area contributed by atoms with Gasteiger partial charge in [0.05, 0.1) is 11.9 Å². The number of H-pyrrole nitrogens is 1. The van der Waals surface area contributed by atoms with Crippen LogP contribution in [0.1, 0.15) is 74.5 Å². The minimum Gasteiger partial charge on any atom is -0.328 e. The highest BCUT2D eigenvalue weighted by atomic mass is 15.2. The van der Waals surface area contributed by atoms with E-state index in [4.69, 9.17) is 4.98 Å². The largest absolute Gasteiger partial charge is 0.328 e. The van der Waals surface area contributed by atoms with Crippen LogP contribution in [0.2, 0.25) is 0 Å². The number of nitrogens with zero attached hydrogens (tertiary/aromatic N) is 4. The molecule has 1 aliphatic carbocycles. The van der Waals surface area contributed by atoms with Gasteiger partial charge in [0, 0.05) is 48.0 Å². The summed E-state index contributed by atoms with van der Waals surface area (Å²) in [4.78, 5) is 7.46. The van der Waals surface area contributed by atoms with Crippen LogP contribution in [0.15, 0.2) is 6.20 Å². The molecule has 1 unspecified atom stereocenters. The van der Waals surface area contributed by atoms with Crippen LogP contribution in [-0.2, 0) is 24.8 Å². The van der Waals surface area contributed by atoms with Crippen LogP contribution < -0.4 is 0 Å². The lowest BCUT2D eigenvalue weighted by Crippen LogP contribution is -2.24. The molecule has 1 aliphatic heterocycles. The van der Waals surface area contributed by atoms with E-state index >= 15 is 0 Å². The maximum Gasteiger partial charge on any atom is 0.106 e. The fraction of sp³-hybridized carbons (Fsp3) is 0.700. The number of fused-ring (bicyclic) bond motifs is 1. The van der Waals surface area contributed by atoms with Crippen molar-refractivity contribution in [3.63, 3.8) is 0 Å². The predicted molar refractivity (Wildman–Crippen MR) is 99.8 cm³/mol. The summed E-state index contributed by atoms with van der Waals surface area (Å²) in [5.74, 6) is 1.22. The smallest absolute Gasteiger partial charge is 0.106 e. The van der Waals surface area contributed by atoms with Gasteiger partial charge >= 0.3 is 0 Å². The number of nitrogens with one attached hydrogen (secondary N) is 1. The summed E-state index contributed by atoms with van der Waals surface area (Å²) in [5.41, 5.74) is 5.62. The van der Waals surface area contributed by atoms with E-state index in [9.17, 15) is 0 Å². The number of hydrogen-bond donors (Lipinski definition) is 1. The Labute approximate surface area is 150 Å². The number of aromatic nitrogens is 4. The zero-order valence-corrected chi connectivity index (χ0v) is 16.1. The summed E-state index contributed by atoms with van der Waals surface area (Å²) in [5, 5.41) is 7.52. The zero-order valence-electron chi connectivity index (χ0n) is 16.1. The highest BCUT2D eigenvalue weighted by Crippen LogP contribution is 2.32. The first-order valence-electron chi connectivity index (χ1n) is 9.75. The quantitative estimate of drug-likeness (QED) is 0.929. The summed E-state index contributed by atoms with van der Waals surface area (Å²) in [6.07, 6.45) is 8.24. The van der Waals surface area contributed by atoms with Crippen molar-refractivity contribution in [2.75, 3.05) is 13.1 Å². The second-order valence-corrected chi connectivity index (χ2v) is 8.83. The van der Waals surface area contributed by atoms with Gasteiger partial charge in [-0.05, 0) is 39.0 Å². The molecule has 0 radical (unpaired) electrons. The number of rotatable bonds is 3. The number of aromatic amines is 1. The number of aryl methyl sites for hydroxylation is 2. The molecule has 2 aromatic rings. The molecule has 25 heavy (non-hydrogen) atoms. The molecule has 0 bridgehead atoms. The summed E-state index contributed by atoms with van der Waals surface area (Å²) < 4.78 is 2.56. The third kappa shape index (κ3) is 3.14. The lowest BCUT2D eigenvalue weighted by atomic mass is 9.89. The highest BCUT2D eigenvalue weighted by Gasteiger charge is 2.30. The van der Waals surface area contributed by atoms with Gasteiger partial charge < -0.3 is 4.57 Å². The van der Waals surface area contributed by atoms with Crippen LogP contribution >= 0.6 is 0 Å². The molecular weight excluding hydrogens is 310 g/mol. The second kappa shape index (κ2) is 6.27. The predicted octanol–water partition coefficient (Wildman–Crippen LogP) is 3.54. The van der Waals surface area contributed by atoms with E-state index in [0.29, 0.717) is 6.04 Å². The van der Waals surface area contributed by atoms with Crippen molar-refractivity contribution < 1.29 is 0 Å². The van der Waals surface area contributed by atoms with Crippen molar-refractivity contribution in [1.29, 1.82) is 0 Å². The maximum atomic E-state index is 4.87. The zero-order chi connectivity index (χ0) is 17.6. The van der Waals surface area contributed by atoms with Crippen molar-refractivity contribution in [2.45, 2.75) is 77.8 Å². The van der Waals surface area contributed by atoms with Crippen LogP contribution in [-0.4, -0.2) is 37.7 Å². The molecular formula is C20H31N5. The third-order valence-electron chi connectivity index (χ3n) is 5.82. The van der Waals surface area contributed by atoms with E-state index in [1.165, 1.54) is 60.6 Å². The first kappa shape index (κ1) is 16.8. The Morgan fingerprint density at radius 2 is 2.04 bits per heavy atom. The Morgan fingerprint density at radius 1 is 1.24 bits per heavy atom. The molecule has 0 amide bonds. The van der Waals surface area contributed by atoms with Crippen molar-refractivity contribution in [2.24, 2.45) is 0 Å². The Bertz CT molecular complexity index is 749. The monoisotopic (exact) mass is 341 g/mol. The molecule has 2 aromatic heterocycles. The first-order chi connectivity index (χ1) is 11.9. The van der Waals surface area contributed by atoms with E-state index in [2.05, 4.69) is 47.4 Å². The van der Waals surface area contributed by atoms with Crippen molar-refractivity contribution in [1.82, 2.24) is 24.6 Å². The van der Waals surface area contributed by atoms with Crippen molar-refractivity contribution in [3.8, 4) is 0 Å². The number of imidazole rings is 1.